The van der Waals surface area contributed by atoms with Crippen molar-refractivity contribution in [2.24, 2.45) is 5.73 Å². The first kappa shape index (κ1) is 38.5. The summed E-state index contributed by atoms with van der Waals surface area (Å²) >= 11 is 0. The maximum Gasteiger partial charge on any atom is 0.253 e. The number of halogens is 2. The van der Waals surface area contributed by atoms with Gasteiger partial charge in [-0.2, -0.15) is 0 Å². The molecule has 0 bridgehead atoms. The molecule has 1 heterocycles. The van der Waals surface area contributed by atoms with Gasteiger partial charge in [0.15, 0.2) is 9.84 Å². The third kappa shape index (κ3) is 11.3. The van der Waals surface area contributed by atoms with Gasteiger partial charge in [-0.15, -0.1) is 0 Å². The van der Waals surface area contributed by atoms with E-state index in [1.807, 2.05) is 39.0 Å². The van der Waals surface area contributed by atoms with Gasteiger partial charge in [-0.25, -0.2) is 22.2 Å². The predicted octanol–water partition coefficient (Wildman–Crippen LogP) is 4.07. The summed E-state index contributed by atoms with van der Waals surface area (Å²) in [5.41, 5.74) is 8.15. The van der Waals surface area contributed by atoms with Crippen LogP contribution in [0.25, 0.3) is 0 Å². The lowest BCUT2D eigenvalue weighted by molar-refractivity contribution is -0.135. The van der Waals surface area contributed by atoms with Crippen LogP contribution in [0.3, 0.4) is 0 Å². The number of sulfone groups is 1. The standard InChI is InChI=1S/C35H46F2N4O6S/c1-4-8-29(9-5-2)48(46,47)22-31(40-34(44)26-12-13-33(43)39-19-26)35(45)41(20-24-11-7-10-23(6-3)14-24)21-32(42)30(38)17-25-15-27(36)18-28(37)16-25/h7,10-16,18-19,29-32,42H,4-6,8-9,17,20-22,38H2,1-3H3,(H,39,43)(H,40,44)/t30-,31?,32+/m0/s1. The number of aromatic hydroxyl groups is 1. The van der Waals surface area contributed by atoms with Crippen LogP contribution in [0.15, 0.2) is 60.8 Å². The molecule has 1 unspecified atom stereocenters. The molecule has 3 atom stereocenters. The fourth-order valence-corrected chi connectivity index (χ4v) is 7.72. The van der Waals surface area contributed by atoms with Crippen LogP contribution in [0.2, 0.25) is 0 Å². The molecule has 48 heavy (non-hydrogen) atoms. The second-order valence-corrected chi connectivity index (χ2v) is 14.4. The van der Waals surface area contributed by atoms with Crippen molar-refractivity contribution < 1.29 is 37.0 Å². The van der Waals surface area contributed by atoms with Crippen LogP contribution in [0.4, 0.5) is 8.78 Å². The first-order chi connectivity index (χ1) is 22.8. The van der Waals surface area contributed by atoms with E-state index < -0.39 is 62.5 Å². The highest BCUT2D eigenvalue weighted by Crippen LogP contribution is 2.20. The average molecular weight is 689 g/mol. The normalized spacial score (nSPS) is 13.6. The van der Waals surface area contributed by atoms with Gasteiger partial charge in [0.05, 0.1) is 22.7 Å². The molecule has 0 fully saturated rings. The Labute approximate surface area is 281 Å². The van der Waals surface area contributed by atoms with Crippen molar-refractivity contribution in [2.45, 2.75) is 89.3 Å². The maximum absolute atomic E-state index is 14.4. The van der Waals surface area contributed by atoms with E-state index in [2.05, 4.69) is 10.3 Å². The number of aryl methyl sites for hydroxylation is 1. The Hall–Kier alpha value is -3.94. The molecule has 2 aromatic carbocycles. The average Bonchev–Trinajstić information content (AvgIpc) is 3.03. The summed E-state index contributed by atoms with van der Waals surface area (Å²) in [6.07, 6.45) is 2.29. The summed E-state index contributed by atoms with van der Waals surface area (Å²) in [6, 6.07) is 10.2. The highest BCUT2D eigenvalue weighted by atomic mass is 32.2. The first-order valence-electron chi connectivity index (χ1n) is 16.2. The minimum atomic E-state index is -3.91. The van der Waals surface area contributed by atoms with Crippen molar-refractivity contribution in [3.05, 3.63) is 94.7 Å². The minimum Gasteiger partial charge on any atom is -0.493 e. The predicted molar refractivity (Wildman–Crippen MR) is 180 cm³/mol. The third-order valence-electron chi connectivity index (χ3n) is 8.12. The number of nitrogens with one attached hydrogen (secondary N) is 1. The molecule has 262 valence electrons. The molecule has 0 aliphatic carbocycles. The topological polar surface area (TPSA) is 163 Å². The van der Waals surface area contributed by atoms with Crippen molar-refractivity contribution >= 4 is 21.7 Å². The van der Waals surface area contributed by atoms with Crippen molar-refractivity contribution in [2.75, 3.05) is 12.3 Å². The Kier molecular flexibility index (Phi) is 14.4. The number of aliphatic hydroxyl groups excluding tert-OH is 1. The highest BCUT2D eigenvalue weighted by molar-refractivity contribution is 7.92. The van der Waals surface area contributed by atoms with Gasteiger partial charge >= 0.3 is 0 Å². The minimum absolute atomic E-state index is 0.00626. The largest absolute Gasteiger partial charge is 0.493 e. The zero-order chi connectivity index (χ0) is 35.4. The Balaban J connectivity index is 1.99. The van der Waals surface area contributed by atoms with Gasteiger partial charge in [-0.3, -0.25) is 9.59 Å². The molecule has 3 rings (SSSR count). The molecule has 0 radical (unpaired) electrons. The Morgan fingerprint density at radius 3 is 2.19 bits per heavy atom. The fraction of sp³-hybridized carbons (Fsp3) is 0.457. The molecule has 1 aromatic heterocycles. The lowest BCUT2D eigenvalue weighted by Crippen LogP contribution is -2.55. The van der Waals surface area contributed by atoms with Gasteiger partial charge in [0.25, 0.3) is 5.91 Å². The number of aliphatic hydroxyl groups is 1. The molecule has 10 nitrogen and oxygen atoms in total. The molecule has 0 aliphatic heterocycles. The quantitative estimate of drug-likeness (QED) is 0.156. The van der Waals surface area contributed by atoms with E-state index >= 15 is 0 Å². The number of rotatable bonds is 18. The zero-order valence-corrected chi connectivity index (χ0v) is 28.4. The SMILES string of the molecule is CCCC(CCC)S(=O)(=O)CC(NC(=O)c1ccc(O)nc1)C(=O)N(Cc1cccc(CC)c1)C[C@@H](O)[C@@H](N)Cc1cc(F)cc(F)c1. The van der Waals surface area contributed by atoms with Gasteiger partial charge in [-0.1, -0.05) is 57.9 Å². The van der Waals surface area contributed by atoms with E-state index in [0.29, 0.717) is 37.7 Å². The van der Waals surface area contributed by atoms with Gasteiger partial charge in [-0.05, 0) is 60.6 Å². The molecule has 0 saturated heterocycles. The summed E-state index contributed by atoms with van der Waals surface area (Å²) in [4.78, 5) is 32.6. The molecule has 0 aliphatic rings. The molecule has 13 heteroatoms. The number of hydrogen-bond acceptors (Lipinski definition) is 8. The maximum atomic E-state index is 14.4. The number of benzene rings is 2. The summed E-state index contributed by atoms with van der Waals surface area (Å²) in [5, 5.41) is 22.6. The van der Waals surface area contributed by atoms with Crippen LogP contribution >= 0.6 is 0 Å². The first-order valence-corrected chi connectivity index (χ1v) is 17.9. The number of pyridine rings is 1. The van der Waals surface area contributed by atoms with Crippen LogP contribution < -0.4 is 11.1 Å². The van der Waals surface area contributed by atoms with Crippen molar-refractivity contribution in [3.8, 4) is 5.88 Å². The molecule has 0 spiro atoms. The van der Waals surface area contributed by atoms with E-state index in [4.69, 9.17) is 5.73 Å². The molecule has 0 saturated carbocycles. The number of carbonyl (C=O) groups excluding carboxylic acids is 2. The fourth-order valence-electron chi connectivity index (χ4n) is 5.57. The van der Waals surface area contributed by atoms with E-state index in [9.17, 15) is 37.0 Å². The second-order valence-electron chi connectivity index (χ2n) is 12.1. The van der Waals surface area contributed by atoms with E-state index in [1.54, 1.807) is 6.07 Å². The Morgan fingerprint density at radius 2 is 1.60 bits per heavy atom. The summed E-state index contributed by atoms with van der Waals surface area (Å²) in [7, 11) is -3.91. The number of nitrogens with zero attached hydrogens (tertiary/aromatic N) is 2. The van der Waals surface area contributed by atoms with Crippen LogP contribution in [-0.2, 0) is 34.0 Å². The smallest absolute Gasteiger partial charge is 0.253 e. The van der Waals surface area contributed by atoms with Crippen molar-refractivity contribution in [1.82, 2.24) is 15.2 Å². The number of aromatic nitrogens is 1. The van der Waals surface area contributed by atoms with E-state index in [-0.39, 0.29) is 36.5 Å². The van der Waals surface area contributed by atoms with E-state index in [0.717, 1.165) is 30.0 Å². The molecule has 3 aromatic rings. The van der Waals surface area contributed by atoms with Crippen LogP contribution in [0.5, 0.6) is 5.88 Å². The van der Waals surface area contributed by atoms with Gasteiger partial charge < -0.3 is 26.2 Å². The summed E-state index contributed by atoms with van der Waals surface area (Å²) < 4.78 is 55.1. The van der Waals surface area contributed by atoms with Crippen LogP contribution in [-0.4, -0.2) is 76.1 Å². The summed E-state index contributed by atoms with van der Waals surface area (Å²) in [5.74, 6) is -4.16. The summed E-state index contributed by atoms with van der Waals surface area (Å²) in [6.45, 7) is 5.29. The molecule has 5 N–H and O–H groups in total. The molecular weight excluding hydrogens is 642 g/mol. The highest BCUT2D eigenvalue weighted by Gasteiger charge is 2.36. The third-order valence-corrected chi connectivity index (χ3v) is 10.4. The Bertz CT molecular complexity index is 1600. The van der Waals surface area contributed by atoms with Crippen molar-refractivity contribution in [3.63, 3.8) is 0 Å². The number of hydrogen-bond donors (Lipinski definition) is 4. The Morgan fingerprint density at radius 1 is 0.958 bits per heavy atom. The van der Waals surface area contributed by atoms with Gasteiger partial charge in [0.1, 0.15) is 17.7 Å². The van der Waals surface area contributed by atoms with Crippen LogP contribution in [0.1, 0.15) is 73.5 Å². The monoisotopic (exact) mass is 688 g/mol. The number of nitrogens with two attached hydrogens (primary N) is 1. The number of amides is 2. The second kappa shape index (κ2) is 18.0. The van der Waals surface area contributed by atoms with Crippen LogP contribution in [0, 0.1) is 11.6 Å². The lowest BCUT2D eigenvalue weighted by Gasteiger charge is -2.32. The lowest BCUT2D eigenvalue weighted by atomic mass is 10.0. The van der Waals surface area contributed by atoms with Gasteiger partial charge in [0.2, 0.25) is 11.8 Å². The number of carbonyl (C=O) groups is 2. The van der Waals surface area contributed by atoms with E-state index in [1.165, 1.54) is 17.0 Å². The zero-order valence-electron chi connectivity index (χ0n) is 27.6. The van der Waals surface area contributed by atoms with Gasteiger partial charge in [0, 0.05) is 37.5 Å². The molecule has 2 amide bonds. The molecular formula is C35H46F2N4O6S. The van der Waals surface area contributed by atoms with Crippen molar-refractivity contribution in [1.29, 1.82) is 0 Å².